The van der Waals surface area contributed by atoms with E-state index in [4.69, 9.17) is 11.6 Å². The quantitative estimate of drug-likeness (QED) is 0.756. The molecule has 0 spiro atoms. The molecule has 0 aliphatic heterocycles. The molecule has 1 heterocycles. The van der Waals surface area contributed by atoms with E-state index in [1.807, 2.05) is 54.7 Å². The Morgan fingerprint density at radius 1 is 1.14 bits per heavy atom. The Kier molecular flexibility index (Phi) is 3.93. The zero-order valence-corrected chi connectivity index (χ0v) is 12.2. The zero-order valence-electron chi connectivity index (χ0n) is 11.4. The van der Waals surface area contributed by atoms with Crippen molar-refractivity contribution in [3.8, 4) is 0 Å². The number of fused-ring (bicyclic) bond motifs is 1. The minimum Gasteiger partial charge on any atom is -0.361 e. The van der Waals surface area contributed by atoms with Gasteiger partial charge in [0.05, 0.1) is 0 Å². The van der Waals surface area contributed by atoms with Crippen molar-refractivity contribution in [2.24, 2.45) is 0 Å². The van der Waals surface area contributed by atoms with Gasteiger partial charge in [0.2, 0.25) is 0 Å². The van der Waals surface area contributed by atoms with E-state index in [1.165, 1.54) is 0 Å². The summed E-state index contributed by atoms with van der Waals surface area (Å²) in [7, 11) is 0. The number of H-pyrrole nitrogens is 1. The third-order valence-corrected chi connectivity index (χ3v) is 3.64. The number of benzene rings is 2. The molecule has 0 unspecified atom stereocenters. The average Bonchev–Trinajstić information content (AvgIpc) is 2.94. The molecule has 0 bridgehead atoms. The Balaban J connectivity index is 1.61. The molecule has 0 atom stereocenters. The molecule has 1 amide bonds. The summed E-state index contributed by atoms with van der Waals surface area (Å²) in [6, 6.07) is 15.3. The maximum absolute atomic E-state index is 12.1. The highest BCUT2D eigenvalue weighted by atomic mass is 35.5. The van der Waals surface area contributed by atoms with Gasteiger partial charge in [0.15, 0.2) is 0 Å². The van der Waals surface area contributed by atoms with E-state index in [0.717, 1.165) is 27.9 Å². The Labute approximate surface area is 127 Å². The first-order valence-corrected chi connectivity index (χ1v) is 7.20. The van der Waals surface area contributed by atoms with Crippen molar-refractivity contribution in [1.29, 1.82) is 0 Å². The van der Waals surface area contributed by atoms with Crippen LogP contribution in [0.1, 0.15) is 15.9 Å². The molecule has 2 N–H and O–H groups in total. The van der Waals surface area contributed by atoms with E-state index in [0.29, 0.717) is 12.1 Å². The molecular weight excluding hydrogens is 284 g/mol. The van der Waals surface area contributed by atoms with Crippen LogP contribution in [0.25, 0.3) is 10.9 Å². The van der Waals surface area contributed by atoms with Gasteiger partial charge in [0.25, 0.3) is 5.91 Å². The van der Waals surface area contributed by atoms with Crippen LogP contribution in [-0.4, -0.2) is 17.4 Å². The number of nitrogens with one attached hydrogen (secondary N) is 2. The Morgan fingerprint density at radius 2 is 2.05 bits per heavy atom. The number of aromatic nitrogens is 1. The zero-order chi connectivity index (χ0) is 14.7. The molecule has 0 fully saturated rings. The Bertz CT molecular complexity index is 779. The molecule has 3 nitrogen and oxygen atoms in total. The topological polar surface area (TPSA) is 44.9 Å². The second-order valence-corrected chi connectivity index (χ2v) is 5.35. The number of hydrogen-bond acceptors (Lipinski definition) is 1. The number of amides is 1. The second kappa shape index (κ2) is 6.02. The minimum absolute atomic E-state index is 0.0615. The van der Waals surface area contributed by atoms with Gasteiger partial charge in [0.1, 0.15) is 0 Å². The van der Waals surface area contributed by atoms with E-state index < -0.39 is 0 Å². The number of carbonyl (C=O) groups is 1. The van der Waals surface area contributed by atoms with Gasteiger partial charge in [-0.2, -0.15) is 0 Å². The van der Waals surface area contributed by atoms with Gasteiger partial charge in [-0.1, -0.05) is 29.8 Å². The van der Waals surface area contributed by atoms with Crippen LogP contribution in [-0.2, 0) is 6.42 Å². The molecule has 1 aromatic heterocycles. The van der Waals surface area contributed by atoms with E-state index in [2.05, 4.69) is 10.3 Å². The van der Waals surface area contributed by atoms with Crippen LogP contribution in [0.5, 0.6) is 0 Å². The van der Waals surface area contributed by atoms with Crippen molar-refractivity contribution in [3.05, 3.63) is 70.9 Å². The minimum atomic E-state index is -0.0615. The average molecular weight is 299 g/mol. The highest BCUT2D eigenvalue weighted by Crippen LogP contribution is 2.14. The van der Waals surface area contributed by atoms with E-state index in [1.54, 1.807) is 0 Å². The van der Waals surface area contributed by atoms with E-state index in [9.17, 15) is 4.79 Å². The van der Waals surface area contributed by atoms with E-state index >= 15 is 0 Å². The smallest absolute Gasteiger partial charge is 0.251 e. The molecular formula is C17H15ClN2O. The molecule has 0 saturated carbocycles. The van der Waals surface area contributed by atoms with Crippen molar-refractivity contribution in [3.63, 3.8) is 0 Å². The Hall–Kier alpha value is -2.26. The summed E-state index contributed by atoms with van der Waals surface area (Å²) in [6.07, 6.45) is 2.63. The molecule has 0 saturated heterocycles. The first-order valence-electron chi connectivity index (χ1n) is 6.82. The standard InChI is InChI=1S/C17H15ClN2O/c18-15-3-1-2-12(10-15)6-8-20-17(21)14-5-4-13-7-9-19-16(13)11-14/h1-5,7,9-11,19H,6,8H2,(H,20,21). The van der Waals surface area contributed by atoms with E-state index in [-0.39, 0.29) is 5.91 Å². The molecule has 0 radical (unpaired) electrons. The lowest BCUT2D eigenvalue weighted by atomic mass is 10.1. The van der Waals surface area contributed by atoms with Gasteiger partial charge in [-0.15, -0.1) is 0 Å². The fourth-order valence-corrected chi connectivity index (χ4v) is 2.52. The van der Waals surface area contributed by atoms with Gasteiger partial charge >= 0.3 is 0 Å². The van der Waals surface area contributed by atoms with Crippen LogP contribution >= 0.6 is 11.6 Å². The third kappa shape index (κ3) is 3.26. The summed E-state index contributed by atoms with van der Waals surface area (Å²) < 4.78 is 0. The van der Waals surface area contributed by atoms with Gasteiger partial charge in [-0.3, -0.25) is 4.79 Å². The van der Waals surface area contributed by atoms with Gasteiger partial charge in [0, 0.05) is 28.8 Å². The summed E-state index contributed by atoms with van der Waals surface area (Å²) >= 11 is 5.94. The summed E-state index contributed by atoms with van der Waals surface area (Å²) in [5.41, 5.74) is 2.75. The molecule has 106 valence electrons. The maximum atomic E-state index is 12.1. The highest BCUT2D eigenvalue weighted by Gasteiger charge is 2.06. The normalized spacial score (nSPS) is 10.7. The van der Waals surface area contributed by atoms with Crippen LogP contribution in [0.2, 0.25) is 5.02 Å². The predicted molar refractivity (Wildman–Crippen MR) is 85.8 cm³/mol. The first-order chi connectivity index (χ1) is 10.2. The summed E-state index contributed by atoms with van der Waals surface area (Å²) in [5.74, 6) is -0.0615. The lowest BCUT2D eigenvalue weighted by Gasteiger charge is -2.06. The molecule has 3 rings (SSSR count). The van der Waals surface area contributed by atoms with Crippen molar-refractivity contribution in [2.75, 3.05) is 6.54 Å². The van der Waals surface area contributed by atoms with Gasteiger partial charge < -0.3 is 10.3 Å². The molecule has 0 aliphatic carbocycles. The molecule has 2 aromatic carbocycles. The lowest BCUT2D eigenvalue weighted by Crippen LogP contribution is -2.25. The number of aromatic amines is 1. The van der Waals surface area contributed by atoms with Gasteiger partial charge in [-0.25, -0.2) is 0 Å². The maximum Gasteiger partial charge on any atom is 0.251 e. The van der Waals surface area contributed by atoms with Crippen LogP contribution < -0.4 is 5.32 Å². The van der Waals surface area contributed by atoms with Crippen LogP contribution in [0.15, 0.2) is 54.7 Å². The van der Waals surface area contributed by atoms with Crippen molar-refractivity contribution in [1.82, 2.24) is 10.3 Å². The van der Waals surface area contributed by atoms with Crippen molar-refractivity contribution in [2.45, 2.75) is 6.42 Å². The molecule has 21 heavy (non-hydrogen) atoms. The monoisotopic (exact) mass is 298 g/mol. The van der Waals surface area contributed by atoms with Crippen molar-refractivity contribution < 1.29 is 4.79 Å². The summed E-state index contributed by atoms with van der Waals surface area (Å²) in [5, 5.41) is 4.75. The largest absolute Gasteiger partial charge is 0.361 e. The number of carbonyl (C=O) groups excluding carboxylic acids is 1. The molecule has 0 aliphatic rings. The SMILES string of the molecule is O=C(NCCc1cccc(Cl)c1)c1ccc2cc[nH]c2c1. The first kappa shape index (κ1) is 13.7. The second-order valence-electron chi connectivity index (χ2n) is 4.92. The lowest BCUT2D eigenvalue weighted by molar-refractivity contribution is 0.0954. The van der Waals surface area contributed by atoms with Gasteiger partial charge in [-0.05, 0) is 47.7 Å². The Morgan fingerprint density at radius 3 is 2.90 bits per heavy atom. The predicted octanol–water partition coefficient (Wildman–Crippen LogP) is 3.79. The highest BCUT2D eigenvalue weighted by molar-refractivity contribution is 6.30. The van der Waals surface area contributed by atoms with Crippen LogP contribution in [0.4, 0.5) is 0 Å². The fraction of sp³-hybridized carbons (Fsp3) is 0.118. The molecule has 4 heteroatoms. The van der Waals surface area contributed by atoms with Crippen molar-refractivity contribution >= 4 is 28.4 Å². The fourth-order valence-electron chi connectivity index (χ4n) is 2.30. The summed E-state index contributed by atoms with van der Waals surface area (Å²) in [6.45, 7) is 0.585. The summed E-state index contributed by atoms with van der Waals surface area (Å²) in [4.78, 5) is 15.2. The molecule has 3 aromatic rings. The third-order valence-electron chi connectivity index (χ3n) is 3.41. The number of halogens is 1. The van der Waals surface area contributed by atoms with Crippen LogP contribution in [0.3, 0.4) is 0 Å². The number of rotatable bonds is 4. The number of hydrogen-bond donors (Lipinski definition) is 2. The van der Waals surface area contributed by atoms with Crippen LogP contribution in [0, 0.1) is 0 Å².